The van der Waals surface area contributed by atoms with Gasteiger partial charge < -0.3 is 5.32 Å². The Morgan fingerprint density at radius 1 is 1.06 bits per heavy atom. The van der Waals surface area contributed by atoms with Gasteiger partial charge in [-0.1, -0.05) is 22.0 Å². The summed E-state index contributed by atoms with van der Waals surface area (Å²) in [5.74, 6) is -2.24. The van der Waals surface area contributed by atoms with E-state index in [-0.39, 0.29) is 18.0 Å². The summed E-state index contributed by atoms with van der Waals surface area (Å²) < 4.78 is 40.1. The van der Waals surface area contributed by atoms with Crippen LogP contribution in [0.1, 0.15) is 5.56 Å². The zero-order valence-electron chi connectivity index (χ0n) is 9.18. The van der Waals surface area contributed by atoms with Gasteiger partial charge >= 0.3 is 0 Å². The van der Waals surface area contributed by atoms with E-state index in [1.54, 1.807) is 6.07 Å². The second kappa shape index (κ2) is 5.44. The lowest BCUT2D eigenvalue weighted by Gasteiger charge is -2.09. The van der Waals surface area contributed by atoms with Gasteiger partial charge in [0.25, 0.3) is 0 Å². The molecule has 2 aromatic carbocycles. The van der Waals surface area contributed by atoms with Gasteiger partial charge in [-0.3, -0.25) is 0 Å². The van der Waals surface area contributed by atoms with Gasteiger partial charge in [0, 0.05) is 11.0 Å². The molecule has 0 fully saturated rings. The van der Waals surface area contributed by atoms with E-state index < -0.39 is 11.6 Å². The average Bonchev–Trinajstić information content (AvgIpc) is 2.35. The first-order valence-corrected chi connectivity index (χ1v) is 5.99. The van der Waals surface area contributed by atoms with Gasteiger partial charge in [0.15, 0.2) is 11.6 Å². The van der Waals surface area contributed by atoms with Crippen molar-refractivity contribution in [3.05, 3.63) is 63.9 Å². The lowest BCUT2D eigenvalue weighted by atomic mass is 10.2. The predicted molar refractivity (Wildman–Crippen MR) is 67.8 cm³/mol. The van der Waals surface area contributed by atoms with E-state index in [0.717, 1.165) is 6.07 Å². The molecule has 2 aromatic rings. The Bertz CT molecular complexity index is 570. The van der Waals surface area contributed by atoms with Crippen molar-refractivity contribution in [3.63, 3.8) is 0 Å². The van der Waals surface area contributed by atoms with E-state index in [9.17, 15) is 13.2 Å². The van der Waals surface area contributed by atoms with E-state index in [2.05, 4.69) is 21.2 Å². The van der Waals surface area contributed by atoms with Crippen LogP contribution >= 0.6 is 15.9 Å². The number of anilines is 1. The van der Waals surface area contributed by atoms with Crippen LogP contribution in [0.25, 0.3) is 0 Å². The first-order valence-electron chi connectivity index (χ1n) is 5.20. The van der Waals surface area contributed by atoms with Crippen LogP contribution < -0.4 is 5.32 Å². The Labute approximate surface area is 111 Å². The second-order valence-corrected chi connectivity index (χ2v) is 4.55. The van der Waals surface area contributed by atoms with Crippen LogP contribution in [0.5, 0.6) is 0 Å². The number of hydrogen-bond donors (Lipinski definition) is 1. The largest absolute Gasteiger partial charge is 0.378 e. The van der Waals surface area contributed by atoms with Gasteiger partial charge in [-0.25, -0.2) is 13.2 Å². The first-order chi connectivity index (χ1) is 8.58. The SMILES string of the molecule is Fc1ccc(Br)c(CNc2cccc(F)c2F)c1. The molecule has 0 radical (unpaired) electrons. The molecule has 5 heteroatoms. The van der Waals surface area contributed by atoms with Gasteiger partial charge in [-0.15, -0.1) is 0 Å². The molecule has 0 saturated heterocycles. The molecule has 0 saturated carbocycles. The van der Waals surface area contributed by atoms with Gasteiger partial charge in [0.2, 0.25) is 0 Å². The topological polar surface area (TPSA) is 12.0 Å². The monoisotopic (exact) mass is 315 g/mol. The molecule has 0 heterocycles. The van der Waals surface area contributed by atoms with E-state index in [0.29, 0.717) is 10.0 Å². The van der Waals surface area contributed by atoms with Crippen LogP contribution in [0.3, 0.4) is 0 Å². The van der Waals surface area contributed by atoms with E-state index in [4.69, 9.17) is 0 Å². The van der Waals surface area contributed by atoms with E-state index in [1.165, 1.54) is 24.3 Å². The standard InChI is InChI=1S/C13H9BrF3N/c14-10-5-4-9(15)6-8(10)7-18-12-3-1-2-11(16)13(12)17/h1-6,18H,7H2. The maximum atomic E-state index is 13.4. The van der Waals surface area contributed by atoms with Crippen LogP contribution in [0.2, 0.25) is 0 Å². The van der Waals surface area contributed by atoms with Crippen LogP contribution in [0.15, 0.2) is 40.9 Å². The molecule has 0 aliphatic carbocycles. The molecule has 0 aromatic heterocycles. The quantitative estimate of drug-likeness (QED) is 0.880. The number of rotatable bonds is 3. The van der Waals surface area contributed by atoms with Gasteiger partial charge in [-0.2, -0.15) is 0 Å². The molecular formula is C13H9BrF3N. The third kappa shape index (κ3) is 2.85. The fourth-order valence-corrected chi connectivity index (χ4v) is 1.90. The van der Waals surface area contributed by atoms with Gasteiger partial charge in [0.05, 0.1) is 5.69 Å². The van der Waals surface area contributed by atoms with Crippen molar-refractivity contribution >= 4 is 21.6 Å². The maximum absolute atomic E-state index is 13.4. The van der Waals surface area contributed by atoms with Crippen molar-refractivity contribution in [3.8, 4) is 0 Å². The van der Waals surface area contributed by atoms with Crippen LogP contribution in [-0.2, 0) is 6.54 Å². The summed E-state index contributed by atoms with van der Waals surface area (Å²) in [6.45, 7) is 0.193. The molecule has 1 N–H and O–H groups in total. The van der Waals surface area contributed by atoms with Crippen LogP contribution in [0.4, 0.5) is 18.9 Å². The molecule has 0 bridgehead atoms. The summed E-state index contributed by atoms with van der Waals surface area (Å²) in [5, 5.41) is 2.73. The normalized spacial score (nSPS) is 10.4. The number of benzene rings is 2. The summed E-state index contributed by atoms with van der Waals surface area (Å²) in [5.41, 5.74) is 0.671. The smallest absolute Gasteiger partial charge is 0.181 e. The number of hydrogen-bond acceptors (Lipinski definition) is 1. The summed E-state index contributed by atoms with van der Waals surface area (Å²) in [7, 11) is 0. The van der Waals surface area contributed by atoms with Gasteiger partial charge in [0.1, 0.15) is 5.82 Å². The molecule has 94 valence electrons. The third-order valence-corrected chi connectivity index (χ3v) is 3.20. The Kier molecular flexibility index (Phi) is 3.91. The third-order valence-electron chi connectivity index (χ3n) is 2.43. The fourth-order valence-electron chi connectivity index (χ4n) is 1.51. The van der Waals surface area contributed by atoms with Crippen LogP contribution in [-0.4, -0.2) is 0 Å². The molecular weight excluding hydrogens is 307 g/mol. The van der Waals surface area contributed by atoms with Crippen molar-refractivity contribution in [2.45, 2.75) is 6.54 Å². The van der Waals surface area contributed by atoms with Crippen LogP contribution in [0, 0.1) is 17.5 Å². The summed E-state index contributed by atoms with van der Waals surface area (Å²) in [6.07, 6.45) is 0. The Balaban J connectivity index is 2.16. The lowest BCUT2D eigenvalue weighted by Crippen LogP contribution is -2.03. The van der Waals surface area contributed by atoms with Crippen molar-refractivity contribution in [1.29, 1.82) is 0 Å². The molecule has 0 spiro atoms. The maximum Gasteiger partial charge on any atom is 0.181 e. The Hall–Kier alpha value is -1.49. The second-order valence-electron chi connectivity index (χ2n) is 3.69. The van der Waals surface area contributed by atoms with Crippen molar-refractivity contribution in [2.24, 2.45) is 0 Å². The zero-order valence-corrected chi connectivity index (χ0v) is 10.8. The highest BCUT2D eigenvalue weighted by Gasteiger charge is 2.08. The van der Waals surface area contributed by atoms with E-state index >= 15 is 0 Å². The predicted octanol–water partition coefficient (Wildman–Crippen LogP) is 4.48. The molecule has 2 rings (SSSR count). The highest BCUT2D eigenvalue weighted by molar-refractivity contribution is 9.10. The molecule has 0 aliphatic heterocycles. The number of nitrogens with one attached hydrogen (secondary N) is 1. The van der Waals surface area contributed by atoms with E-state index in [1.807, 2.05) is 0 Å². The highest BCUT2D eigenvalue weighted by atomic mass is 79.9. The van der Waals surface area contributed by atoms with Crippen molar-refractivity contribution < 1.29 is 13.2 Å². The first kappa shape index (κ1) is 13.0. The average molecular weight is 316 g/mol. The molecule has 0 aliphatic rings. The Morgan fingerprint density at radius 2 is 1.83 bits per heavy atom. The molecule has 0 unspecified atom stereocenters. The molecule has 18 heavy (non-hydrogen) atoms. The fraction of sp³-hybridized carbons (Fsp3) is 0.0769. The van der Waals surface area contributed by atoms with Gasteiger partial charge in [-0.05, 0) is 35.9 Å². The molecule has 0 amide bonds. The lowest BCUT2D eigenvalue weighted by molar-refractivity contribution is 0.511. The van der Waals surface area contributed by atoms with Crippen molar-refractivity contribution in [2.75, 3.05) is 5.32 Å². The minimum atomic E-state index is -0.940. The summed E-state index contributed by atoms with van der Waals surface area (Å²) in [4.78, 5) is 0. The highest BCUT2D eigenvalue weighted by Crippen LogP contribution is 2.21. The zero-order chi connectivity index (χ0) is 13.1. The minimum Gasteiger partial charge on any atom is -0.378 e. The summed E-state index contributed by atoms with van der Waals surface area (Å²) in [6, 6.07) is 8.07. The summed E-state index contributed by atoms with van der Waals surface area (Å²) >= 11 is 3.26. The Morgan fingerprint density at radius 3 is 2.61 bits per heavy atom. The molecule has 0 atom stereocenters. The number of halogens is 4. The molecule has 1 nitrogen and oxygen atoms in total. The van der Waals surface area contributed by atoms with Crippen molar-refractivity contribution in [1.82, 2.24) is 0 Å². The minimum absolute atomic E-state index is 0.0474.